The number of aromatic amines is 1. The highest BCUT2D eigenvalue weighted by molar-refractivity contribution is 5.64. The molecule has 1 heterocycles. The van der Waals surface area contributed by atoms with Crippen molar-refractivity contribution < 1.29 is 4.74 Å². The second kappa shape index (κ2) is 5.12. The van der Waals surface area contributed by atoms with E-state index in [1.54, 1.807) is 0 Å². The highest BCUT2D eigenvalue weighted by Gasteiger charge is 2.10. The zero-order valence-electron chi connectivity index (χ0n) is 11.0. The molecule has 2 aromatic rings. The zero-order valence-corrected chi connectivity index (χ0v) is 11.0. The molecule has 0 amide bonds. The fourth-order valence-corrected chi connectivity index (χ4v) is 1.94. The van der Waals surface area contributed by atoms with Crippen LogP contribution in [0.25, 0.3) is 11.3 Å². The first kappa shape index (κ1) is 12.5. The molecule has 18 heavy (non-hydrogen) atoms. The third-order valence-electron chi connectivity index (χ3n) is 2.84. The molecule has 0 saturated carbocycles. The number of rotatable bonds is 4. The highest BCUT2D eigenvalue weighted by Crippen LogP contribution is 2.31. The van der Waals surface area contributed by atoms with Gasteiger partial charge >= 0.3 is 0 Å². The predicted molar refractivity (Wildman–Crippen MR) is 73.7 cm³/mol. The number of H-pyrrole nitrogens is 1. The van der Waals surface area contributed by atoms with Crippen molar-refractivity contribution in [2.45, 2.75) is 26.7 Å². The molecule has 1 aromatic carbocycles. The molecular weight excluding hydrogens is 226 g/mol. The minimum atomic E-state index is 0.409. The van der Waals surface area contributed by atoms with E-state index in [-0.39, 0.29) is 0 Å². The lowest BCUT2D eigenvalue weighted by Crippen LogP contribution is -1.98. The van der Waals surface area contributed by atoms with Gasteiger partial charge in [0.25, 0.3) is 0 Å². The van der Waals surface area contributed by atoms with Gasteiger partial charge in [-0.25, -0.2) is 0 Å². The van der Waals surface area contributed by atoms with Gasteiger partial charge in [-0.1, -0.05) is 13.8 Å². The molecule has 1 aromatic heterocycles. The Bertz CT molecular complexity index is 532. The summed E-state index contributed by atoms with van der Waals surface area (Å²) in [6.07, 6.45) is 0. The van der Waals surface area contributed by atoms with Crippen LogP contribution < -0.4 is 10.5 Å². The summed E-state index contributed by atoms with van der Waals surface area (Å²) in [4.78, 5) is 0. The molecule has 0 atom stereocenters. The molecule has 0 fully saturated rings. The van der Waals surface area contributed by atoms with Gasteiger partial charge in [-0.15, -0.1) is 0 Å². The number of hydrogen-bond donors (Lipinski definition) is 2. The van der Waals surface area contributed by atoms with Crippen molar-refractivity contribution in [3.05, 3.63) is 29.8 Å². The predicted octanol–water partition coefficient (Wildman–Crippen LogP) is 3.18. The van der Waals surface area contributed by atoms with E-state index in [0.717, 1.165) is 17.0 Å². The minimum absolute atomic E-state index is 0.409. The van der Waals surface area contributed by atoms with Crippen LogP contribution in [-0.2, 0) is 0 Å². The lowest BCUT2D eigenvalue weighted by atomic mass is 9.98. The smallest absolute Gasteiger partial charge is 0.145 e. The van der Waals surface area contributed by atoms with Crippen LogP contribution in [0.3, 0.4) is 0 Å². The maximum Gasteiger partial charge on any atom is 0.145 e. The summed E-state index contributed by atoms with van der Waals surface area (Å²) in [6.45, 7) is 6.98. The number of anilines is 1. The third kappa shape index (κ3) is 2.47. The quantitative estimate of drug-likeness (QED) is 0.869. The van der Waals surface area contributed by atoms with Gasteiger partial charge in [0.05, 0.1) is 12.3 Å². The van der Waals surface area contributed by atoms with Gasteiger partial charge < -0.3 is 10.5 Å². The Morgan fingerprint density at radius 3 is 2.67 bits per heavy atom. The monoisotopic (exact) mass is 245 g/mol. The third-order valence-corrected chi connectivity index (χ3v) is 2.84. The fourth-order valence-electron chi connectivity index (χ4n) is 1.94. The Labute approximate surface area is 107 Å². The van der Waals surface area contributed by atoms with Crippen LogP contribution >= 0.6 is 0 Å². The molecular formula is C14H19N3O. The van der Waals surface area contributed by atoms with Crippen LogP contribution in [0.1, 0.15) is 32.3 Å². The van der Waals surface area contributed by atoms with Crippen LogP contribution in [0, 0.1) is 0 Å². The molecule has 3 N–H and O–H groups in total. The van der Waals surface area contributed by atoms with Crippen LogP contribution in [0.15, 0.2) is 24.3 Å². The average molecular weight is 245 g/mol. The van der Waals surface area contributed by atoms with Gasteiger partial charge in [-0.2, -0.15) is 5.10 Å². The van der Waals surface area contributed by atoms with Crippen molar-refractivity contribution >= 4 is 5.82 Å². The molecule has 0 aliphatic carbocycles. The zero-order chi connectivity index (χ0) is 13.1. The van der Waals surface area contributed by atoms with E-state index < -0.39 is 0 Å². The Kier molecular flexibility index (Phi) is 3.55. The van der Waals surface area contributed by atoms with Gasteiger partial charge in [-0.05, 0) is 36.6 Å². The maximum atomic E-state index is 5.64. The van der Waals surface area contributed by atoms with E-state index in [9.17, 15) is 0 Å². The topological polar surface area (TPSA) is 63.9 Å². The van der Waals surface area contributed by atoms with Crippen molar-refractivity contribution in [1.29, 1.82) is 0 Å². The van der Waals surface area contributed by atoms with Crippen LogP contribution in [0.2, 0.25) is 0 Å². The van der Waals surface area contributed by atoms with E-state index in [1.807, 2.05) is 25.1 Å². The summed E-state index contributed by atoms with van der Waals surface area (Å²) >= 11 is 0. The average Bonchev–Trinajstić information content (AvgIpc) is 2.76. The van der Waals surface area contributed by atoms with Gasteiger partial charge in [0.15, 0.2) is 0 Å². The summed E-state index contributed by atoms with van der Waals surface area (Å²) in [5, 5.41) is 6.87. The second-order valence-corrected chi connectivity index (χ2v) is 4.55. The van der Waals surface area contributed by atoms with Crippen LogP contribution in [0.5, 0.6) is 5.75 Å². The summed E-state index contributed by atoms with van der Waals surface area (Å²) < 4.78 is 5.64. The van der Waals surface area contributed by atoms with Gasteiger partial charge in [-0.3, -0.25) is 5.10 Å². The highest BCUT2D eigenvalue weighted by atomic mass is 16.5. The molecule has 0 aliphatic rings. The number of benzene rings is 1. The standard InChI is InChI=1S/C14H19N3O/c1-4-18-13-6-5-10(7-11(13)9(2)3)12-8-14(15)17-16-12/h5-9H,4H2,1-3H3,(H3,15,16,17). The van der Waals surface area contributed by atoms with Gasteiger partial charge in [0.1, 0.15) is 11.6 Å². The molecule has 4 nitrogen and oxygen atoms in total. The Morgan fingerprint density at radius 1 is 1.33 bits per heavy atom. The maximum absolute atomic E-state index is 5.64. The SMILES string of the molecule is CCOc1ccc(-c2cc(N)n[nH]2)cc1C(C)C. The second-order valence-electron chi connectivity index (χ2n) is 4.55. The van der Waals surface area contributed by atoms with E-state index in [0.29, 0.717) is 18.3 Å². The molecule has 0 aliphatic heterocycles. The number of nitrogen functional groups attached to an aromatic ring is 1. The fraction of sp³-hybridized carbons (Fsp3) is 0.357. The summed E-state index contributed by atoms with van der Waals surface area (Å²) in [5.74, 6) is 1.86. The first-order valence-corrected chi connectivity index (χ1v) is 6.19. The number of nitrogens with one attached hydrogen (secondary N) is 1. The van der Waals surface area contributed by atoms with Crippen LogP contribution in [0.4, 0.5) is 5.82 Å². The van der Waals surface area contributed by atoms with Crippen molar-refractivity contribution in [3.8, 4) is 17.0 Å². The van der Waals surface area contributed by atoms with Crippen molar-refractivity contribution in [1.82, 2.24) is 10.2 Å². The number of ether oxygens (including phenoxy) is 1. The molecule has 0 bridgehead atoms. The molecule has 96 valence electrons. The Balaban J connectivity index is 2.42. The Morgan fingerprint density at radius 2 is 2.11 bits per heavy atom. The van der Waals surface area contributed by atoms with E-state index in [2.05, 4.69) is 30.1 Å². The van der Waals surface area contributed by atoms with Crippen molar-refractivity contribution in [2.75, 3.05) is 12.3 Å². The molecule has 2 rings (SSSR count). The first-order chi connectivity index (χ1) is 8.61. The van der Waals surface area contributed by atoms with E-state index >= 15 is 0 Å². The molecule has 0 radical (unpaired) electrons. The van der Waals surface area contributed by atoms with Gasteiger partial charge in [0, 0.05) is 11.6 Å². The minimum Gasteiger partial charge on any atom is -0.494 e. The molecule has 0 unspecified atom stereocenters. The summed E-state index contributed by atoms with van der Waals surface area (Å²) in [7, 11) is 0. The molecule has 4 heteroatoms. The van der Waals surface area contributed by atoms with E-state index in [4.69, 9.17) is 10.5 Å². The summed E-state index contributed by atoms with van der Waals surface area (Å²) in [5.41, 5.74) is 8.82. The summed E-state index contributed by atoms with van der Waals surface area (Å²) in [6, 6.07) is 7.98. The van der Waals surface area contributed by atoms with E-state index in [1.165, 1.54) is 5.56 Å². The van der Waals surface area contributed by atoms with Crippen molar-refractivity contribution in [2.24, 2.45) is 0 Å². The lowest BCUT2D eigenvalue weighted by molar-refractivity contribution is 0.335. The first-order valence-electron chi connectivity index (χ1n) is 6.19. The van der Waals surface area contributed by atoms with Crippen molar-refractivity contribution in [3.63, 3.8) is 0 Å². The molecule has 0 saturated heterocycles. The Hall–Kier alpha value is -1.97. The largest absolute Gasteiger partial charge is 0.494 e. The molecule has 0 spiro atoms. The lowest BCUT2D eigenvalue weighted by Gasteiger charge is -2.14. The van der Waals surface area contributed by atoms with Crippen LogP contribution in [-0.4, -0.2) is 16.8 Å². The number of aromatic nitrogens is 2. The normalized spacial score (nSPS) is 10.9. The van der Waals surface area contributed by atoms with Gasteiger partial charge in [0.2, 0.25) is 0 Å². The number of nitrogens with zero attached hydrogens (tertiary/aromatic N) is 1. The number of nitrogens with two attached hydrogens (primary N) is 1. The number of hydrogen-bond acceptors (Lipinski definition) is 3.